The summed E-state index contributed by atoms with van der Waals surface area (Å²) in [5.41, 5.74) is 0. The smallest absolute Gasteiger partial charge is 0.306 e. The third-order valence-corrected chi connectivity index (χ3v) is 10.5. The summed E-state index contributed by atoms with van der Waals surface area (Å²) in [4.78, 5) is 12.8. The number of carbonyl (C=O) groups is 1. The van der Waals surface area contributed by atoms with Gasteiger partial charge >= 0.3 is 5.97 Å². The molecule has 1 aliphatic heterocycles. The van der Waals surface area contributed by atoms with Gasteiger partial charge in [-0.1, -0.05) is 163 Å². The highest BCUT2D eigenvalue weighted by Crippen LogP contribution is 2.22. The third kappa shape index (κ3) is 33.6. The van der Waals surface area contributed by atoms with Crippen LogP contribution in [0.3, 0.4) is 0 Å². The molecular weight excluding hydrogens is 769 g/mol. The van der Waals surface area contributed by atoms with Crippen molar-refractivity contribution in [1.82, 2.24) is 0 Å². The first-order valence-electron chi connectivity index (χ1n) is 24.2. The van der Waals surface area contributed by atoms with E-state index in [-0.39, 0.29) is 19.2 Å². The second-order valence-electron chi connectivity index (χ2n) is 16.2. The second kappa shape index (κ2) is 42.7. The Morgan fingerprint density at radius 2 is 1.00 bits per heavy atom. The Hall–Kier alpha value is -2.63. The fourth-order valence-corrected chi connectivity index (χ4v) is 6.78. The molecule has 1 heterocycles. The molecule has 1 rings (SSSR count). The van der Waals surface area contributed by atoms with Crippen LogP contribution in [0.15, 0.2) is 85.1 Å². The van der Waals surface area contributed by atoms with Crippen LogP contribution in [0.25, 0.3) is 0 Å². The summed E-state index contributed by atoms with van der Waals surface area (Å²) < 4.78 is 22.8. The Morgan fingerprint density at radius 1 is 0.541 bits per heavy atom. The van der Waals surface area contributed by atoms with Crippen molar-refractivity contribution in [2.24, 2.45) is 0 Å². The predicted molar refractivity (Wildman–Crippen MR) is 251 cm³/mol. The van der Waals surface area contributed by atoms with E-state index >= 15 is 0 Å². The van der Waals surface area contributed by atoms with E-state index in [1.165, 1.54) is 51.4 Å². The van der Waals surface area contributed by atoms with E-state index in [1.807, 2.05) is 0 Å². The summed E-state index contributed by atoms with van der Waals surface area (Å²) in [5.74, 6) is -0.337. The molecular formula is C52H88O9. The Bertz CT molecular complexity index is 1200. The lowest BCUT2D eigenvalue weighted by molar-refractivity contribution is -0.305. The van der Waals surface area contributed by atoms with E-state index in [0.29, 0.717) is 13.0 Å². The number of carbonyl (C=O) groups excluding carboxylic acids is 1. The van der Waals surface area contributed by atoms with Gasteiger partial charge in [-0.25, -0.2) is 0 Å². The van der Waals surface area contributed by atoms with E-state index in [4.69, 9.17) is 18.9 Å². The normalized spacial score (nSPS) is 20.7. The van der Waals surface area contributed by atoms with Crippen LogP contribution in [0.5, 0.6) is 0 Å². The summed E-state index contributed by atoms with van der Waals surface area (Å²) in [7, 11) is 0. The summed E-state index contributed by atoms with van der Waals surface area (Å²) in [6.07, 6.45) is 50.4. The molecule has 0 aromatic heterocycles. The van der Waals surface area contributed by atoms with Crippen LogP contribution < -0.4 is 0 Å². The van der Waals surface area contributed by atoms with Gasteiger partial charge in [0.1, 0.15) is 30.5 Å². The number of aliphatic hydroxyl groups excluding tert-OH is 4. The highest BCUT2D eigenvalue weighted by atomic mass is 16.7. The number of allylic oxidation sites excluding steroid dienone is 14. The fourth-order valence-electron chi connectivity index (χ4n) is 6.78. The molecule has 4 N–H and O–H groups in total. The van der Waals surface area contributed by atoms with Crippen LogP contribution in [0.1, 0.15) is 174 Å². The van der Waals surface area contributed by atoms with Crippen LogP contribution in [-0.4, -0.2) is 89.6 Å². The molecule has 9 nitrogen and oxygen atoms in total. The van der Waals surface area contributed by atoms with Gasteiger partial charge in [0.05, 0.1) is 19.8 Å². The van der Waals surface area contributed by atoms with Crippen molar-refractivity contribution in [3.05, 3.63) is 85.1 Å². The second-order valence-corrected chi connectivity index (χ2v) is 16.2. The molecule has 6 unspecified atom stereocenters. The molecule has 0 amide bonds. The molecule has 0 bridgehead atoms. The van der Waals surface area contributed by atoms with Crippen molar-refractivity contribution in [2.45, 2.75) is 211 Å². The first-order chi connectivity index (χ1) is 29.9. The third-order valence-electron chi connectivity index (χ3n) is 10.5. The molecule has 0 radical (unpaired) electrons. The van der Waals surface area contributed by atoms with Crippen molar-refractivity contribution < 1.29 is 44.2 Å². The average Bonchev–Trinajstić information content (AvgIpc) is 3.26. The van der Waals surface area contributed by atoms with Gasteiger partial charge in [0.2, 0.25) is 0 Å². The standard InChI is InChI=1S/C52H88O9/c1-3-5-7-9-11-13-15-17-19-21-22-23-24-25-26-28-30-32-34-36-38-40-42-58-44-46(45-59-52-51(57)50(56)49(55)47(43-53)61-52)60-48(54)41-39-37-35-33-31-29-27-20-18-16-14-12-10-8-6-4-2/h5,7,11,13,17,19-20,22-23,25-27,30,32,46-47,49-53,55-57H,3-4,6,8-10,12,14-16,18,21,24,28-29,31,33-45H2,1-2H3/b7-5-,13-11-,19-17-,23-22-,26-25-,27-20-,32-30-. The lowest BCUT2D eigenvalue weighted by Crippen LogP contribution is -2.59. The van der Waals surface area contributed by atoms with Gasteiger partial charge < -0.3 is 39.4 Å². The lowest BCUT2D eigenvalue weighted by Gasteiger charge is -2.39. The van der Waals surface area contributed by atoms with E-state index in [2.05, 4.69) is 98.9 Å². The maximum Gasteiger partial charge on any atom is 0.306 e. The monoisotopic (exact) mass is 857 g/mol. The van der Waals surface area contributed by atoms with E-state index in [0.717, 1.165) is 103 Å². The van der Waals surface area contributed by atoms with Crippen LogP contribution in [0.2, 0.25) is 0 Å². The molecule has 350 valence electrons. The van der Waals surface area contributed by atoms with E-state index < -0.39 is 43.4 Å². The van der Waals surface area contributed by atoms with Crippen LogP contribution in [0.4, 0.5) is 0 Å². The minimum Gasteiger partial charge on any atom is -0.457 e. The molecule has 0 saturated carbocycles. The summed E-state index contributed by atoms with van der Waals surface area (Å²) in [6.45, 7) is 4.34. The Labute approximate surface area is 371 Å². The summed E-state index contributed by atoms with van der Waals surface area (Å²) in [6, 6.07) is 0. The zero-order chi connectivity index (χ0) is 44.3. The highest BCUT2D eigenvalue weighted by Gasteiger charge is 2.44. The number of aliphatic hydroxyl groups is 4. The number of ether oxygens (including phenoxy) is 4. The first kappa shape index (κ1) is 56.4. The van der Waals surface area contributed by atoms with Crippen LogP contribution in [0, 0.1) is 0 Å². The number of hydrogen-bond donors (Lipinski definition) is 4. The molecule has 0 aromatic rings. The van der Waals surface area contributed by atoms with Gasteiger partial charge in [-0.15, -0.1) is 0 Å². The minimum atomic E-state index is -1.55. The minimum absolute atomic E-state index is 0.114. The largest absolute Gasteiger partial charge is 0.457 e. The number of hydrogen-bond acceptors (Lipinski definition) is 9. The van der Waals surface area contributed by atoms with Crippen molar-refractivity contribution in [2.75, 3.05) is 26.4 Å². The van der Waals surface area contributed by atoms with Gasteiger partial charge in [-0.3, -0.25) is 4.79 Å². The highest BCUT2D eigenvalue weighted by molar-refractivity contribution is 5.69. The number of esters is 1. The molecule has 0 spiro atoms. The maximum atomic E-state index is 12.8. The topological polar surface area (TPSA) is 135 Å². The zero-order valence-electron chi connectivity index (χ0n) is 38.4. The van der Waals surface area contributed by atoms with Crippen molar-refractivity contribution >= 4 is 5.97 Å². The Kier molecular flexibility index (Phi) is 39.4. The summed E-state index contributed by atoms with van der Waals surface area (Å²) in [5, 5.41) is 40.2. The zero-order valence-corrected chi connectivity index (χ0v) is 38.4. The van der Waals surface area contributed by atoms with E-state index in [9.17, 15) is 25.2 Å². The van der Waals surface area contributed by atoms with Gasteiger partial charge in [0.25, 0.3) is 0 Å². The Balaban J connectivity index is 2.28. The van der Waals surface area contributed by atoms with Crippen molar-refractivity contribution in [3.63, 3.8) is 0 Å². The van der Waals surface area contributed by atoms with Crippen LogP contribution >= 0.6 is 0 Å². The average molecular weight is 857 g/mol. The summed E-state index contributed by atoms with van der Waals surface area (Å²) >= 11 is 0. The SMILES string of the molecule is CC/C=C\C/C=C\C/C=C\C/C=C\C/C=C\C/C=C\CCCCCOCC(COC1OC(CO)C(O)C(O)C1O)OC(=O)CCCCCCC/C=C\CCCCCCCCC. The van der Waals surface area contributed by atoms with Crippen molar-refractivity contribution in [3.8, 4) is 0 Å². The lowest BCUT2D eigenvalue weighted by atomic mass is 9.99. The molecule has 6 atom stereocenters. The molecule has 0 aliphatic carbocycles. The predicted octanol–water partition coefficient (Wildman–Crippen LogP) is 11.4. The van der Waals surface area contributed by atoms with Gasteiger partial charge in [-0.2, -0.15) is 0 Å². The molecule has 1 aliphatic rings. The fraction of sp³-hybridized carbons (Fsp3) is 0.712. The van der Waals surface area contributed by atoms with Crippen LogP contribution in [-0.2, 0) is 23.7 Å². The quantitative estimate of drug-likeness (QED) is 0.0270. The maximum absolute atomic E-state index is 12.8. The van der Waals surface area contributed by atoms with Gasteiger partial charge in [0, 0.05) is 13.0 Å². The first-order valence-corrected chi connectivity index (χ1v) is 24.2. The molecule has 1 saturated heterocycles. The Morgan fingerprint density at radius 3 is 1.52 bits per heavy atom. The molecule has 9 heteroatoms. The van der Waals surface area contributed by atoms with Crippen molar-refractivity contribution in [1.29, 1.82) is 0 Å². The number of rotatable bonds is 40. The van der Waals surface area contributed by atoms with E-state index in [1.54, 1.807) is 0 Å². The number of unbranched alkanes of at least 4 members (excludes halogenated alkanes) is 15. The van der Waals surface area contributed by atoms with Gasteiger partial charge in [0.15, 0.2) is 6.29 Å². The van der Waals surface area contributed by atoms with Gasteiger partial charge in [-0.05, 0) is 89.9 Å². The molecule has 61 heavy (non-hydrogen) atoms. The molecule has 1 fully saturated rings. The molecule has 0 aromatic carbocycles.